The van der Waals surface area contributed by atoms with Crippen molar-refractivity contribution in [3.63, 3.8) is 0 Å². The van der Waals surface area contributed by atoms with E-state index < -0.39 is 32.0 Å². The topological polar surface area (TPSA) is 135 Å². The first kappa shape index (κ1) is 23.9. The second-order valence-corrected chi connectivity index (χ2v) is 10.6. The van der Waals surface area contributed by atoms with Crippen LogP contribution >= 0.6 is 11.6 Å². The van der Waals surface area contributed by atoms with Crippen LogP contribution in [0.15, 0.2) is 88.7 Å². The van der Waals surface area contributed by atoms with Gasteiger partial charge in [-0.05, 0) is 60.5 Å². The number of halogens is 1. The van der Waals surface area contributed by atoms with Crippen molar-refractivity contribution in [1.29, 1.82) is 0 Å². The van der Waals surface area contributed by atoms with E-state index in [0.717, 1.165) is 5.56 Å². The Morgan fingerprint density at radius 1 is 0.844 bits per heavy atom. The number of hydrogen-bond donors (Lipinski definition) is 3. The van der Waals surface area contributed by atoms with Gasteiger partial charge in [0.1, 0.15) is 6.04 Å². The number of carbonyl (C=O) groups is 1. The van der Waals surface area contributed by atoms with Crippen molar-refractivity contribution < 1.29 is 21.6 Å². The summed E-state index contributed by atoms with van der Waals surface area (Å²) >= 11 is 5.83. The highest BCUT2D eigenvalue weighted by atomic mass is 35.5. The molecule has 4 N–H and O–H groups in total. The number of nitrogens with two attached hydrogens (primary N) is 1. The molecule has 0 spiro atoms. The largest absolute Gasteiger partial charge is 0.325 e. The van der Waals surface area contributed by atoms with E-state index in [1.54, 1.807) is 24.3 Å². The van der Waals surface area contributed by atoms with Crippen molar-refractivity contribution in [3.05, 3.63) is 89.4 Å². The minimum atomic E-state index is -4.03. The number of hydrogen-bond acceptors (Lipinski definition) is 5. The fourth-order valence-corrected chi connectivity index (χ4v) is 4.70. The molecule has 3 rings (SSSR count). The van der Waals surface area contributed by atoms with Crippen molar-refractivity contribution in [2.24, 2.45) is 5.14 Å². The number of carbonyl (C=O) groups excluding carboxylic acids is 1. The van der Waals surface area contributed by atoms with Crippen LogP contribution in [0.1, 0.15) is 5.56 Å². The molecule has 0 unspecified atom stereocenters. The van der Waals surface area contributed by atoms with Gasteiger partial charge in [-0.1, -0.05) is 41.9 Å². The highest BCUT2D eigenvalue weighted by Crippen LogP contribution is 2.17. The quantitative estimate of drug-likeness (QED) is 0.443. The molecular formula is C21H20ClN3O5S2. The molecule has 0 fully saturated rings. The first-order valence-corrected chi connectivity index (χ1v) is 12.7. The van der Waals surface area contributed by atoms with Gasteiger partial charge in [0.05, 0.1) is 9.79 Å². The molecule has 0 saturated carbocycles. The number of anilines is 1. The maximum atomic E-state index is 13.0. The lowest BCUT2D eigenvalue weighted by molar-refractivity contribution is -0.117. The van der Waals surface area contributed by atoms with Crippen molar-refractivity contribution >= 4 is 43.2 Å². The van der Waals surface area contributed by atoms with Gasteiger partial charge in [-0.3, -0.25) is 4.79 Å². The zero-order valence-electron chi connectivity index (χ0n) is 16.6. The fourth-order valence-electron chi connectivity index (χ4n) is 2.86. The molecule has 8 nitrogen and oxygen atoms in total. The van der Waals surface area contributed by atoms with E-state index in [4.69, 9.17) is 16.7 Å². The van der Waals surface area contributed by atoms with Crippen LogP contribution in [0, 0.1) is 0 Å². The zero-order valence-corrected chi connectivity index (χ0v) is 19.0. The third kappa shape index (κ3) is 6.38. The molecule has 1 atom stereocenters. The molecule has 32 heavy (non-hydrogen) atoms. The fraction of sp³-hybridized carbons (Fsp3) is 0.0952. The summed E-state index contributed by atoms with van der Waals surface area (Å²) < 4.78 is 50.9. The highest BCUT2D eigenvalue weighted by molar-refractivity contribution is 7.89. The van der Waals surface area contributed by atoms with E-state index in [1.165, 1.54) is 48.5 Å². The summed E-state index contributed by atoms with van der Waals surface area (Å²) in [4.78, 5) is 12.8. The Hall–Kier alpha value is -2.76. The number of primary sulfonamides is 1. The predicted molar refractivity (Wildman–Crippen MR) is 122 cm³/mol. The number of benzene rings is 3. The molecule has 0 aliphatic rings. The van der Waals surface area contributed by atoms with Gasteiger partial charge in [-0.25, -0.2) is 22.0 Å². The predicted octanol–water partition coefficient (Wildman–Crippen LogP) is 2.52. The van der Waals surface area contributed by atoms with Gasteiger partial charge in [0.2, 0.25) is 26.0 Å². The Morgan fingerprint density at radius 2 is 1.41 bits per heavy atom. The van der Waals surface area contributed by atoms with Crippen LogP contribution in [0.5, 0.6) is 0 Å². The van der Waals surface area contributed by atoms with Crippen LogP contribution in [-0.2, 0) is 31.3 Å². The third-order valence-corrected chi connectivity index (χ3v) is 7.14. The second kappa shape index (κ2) is 9.80. The van der Waals surface area contributed by atoms with E-state index in [2.05, 4.69) is 10.0 Å². The van der Waals surface area contributed by atoms with E-state index in [9.17, 15) is 21.6 Å². The van der Waals surface area contributed by atoms with Crippen LogP contribution < -0.4 is 15.2 Å². The molecule has 0 radical (unpaired) electrons. The molecule has 0 aliphatic heterocycles. The third-order valence-electron chi connectivity index (χ3n) is 4.47. The maximum Gasteiger partial charge on any atom is 0.242 e. The number of nitrogens with one attached hydrogen (secondary N) is 2. The van der Waals surface area contributed by atoms with Crippen LogP contribution in [-0.4, -0.2) is 28.8 Å². The molecule has 0 saturated heterocycles. The van der Waals surface area contributed by atoms with Crippen LogP contribution in [0.2, 0.25) is 5.02 Å². The van der Waals surface area contributed by atoms with Gasteiger partial charge in [-0.2, -0.15) is 4.72 Å². The summed E-state index contributed by atoms with van der Waals surface area (Å²) in [5.74, 6) is -0.616. The molecule has 1 amide bonds. The van der Waals surface area contributed by atoms with E-state index in [1.807, 2.05) is 6.07 Å². The van der Waals surface area contributed by atoms with Gasteiger partial charge in [0.15, 0.2) is 0 Å². The molecule has 0 bridgehead atoms. The lowest BCUT2D eigenvalue weighted by Gasteiger charge is -2.19. The van der Waals surface area contributed by atoms with Gasteiger partial charge in [0.25, 0.3) is 0 Å². The van der Waals surface area contributed by atoms with Gasteiger partial charge < -0.3 is 5.32 Å². The monoisotopic (exact) mass is 493 g/mol. The smallest absolute Gasteiger partial charge is 0.242 e. The number of amides is 1. The normalized spacial score (nSPS) is 12.8. The Morgan fingerprint density at radius 3 is 1.97 bits per heavy atom. The summed E-state index contributed by atoms with van der Waals surface area (Å²) in [7, 11) is -7.90. The molecule has 3 aromatic carbocycles. The van der Waals surface area contributed by atoms with Crippen LogP contribution in [0.25, 0.3) is 0 Å². The van der Waals surface area contributed by atoms with Crippen molar-refractivity contribution in [2.75, 3.05) is 5.32 Å². The lowest BCUT2D eigenvalue weighted by atomic mass is 10.1. The van der Waals surface area contributed by atoms with E-state index in [0.29, 0.717) is 5.02 Å². The lowest BCUT2D eigenvalue weighted by Crippen LogP contribution is -2.45. The van der Waals surface area contributed by atoms with Crippen molar-refractivity contribution in [3.8, 4) is 0 Å². The molecular weight excluding hydrogens is 474 g/mol. The first-order chi connectivity index (χ1) is 15.0. The van der Waals surface area contributed by atoms with Gasteiger partial charge in [0, 0.05) is 10.7 Å². The maximum absolute atomic E-state index is 13.0. The van der Waals surface area contributed by atoms with Gasteiger partial charge >= 0.3 is 0 Å². The van der Waals surface area contributed by atoms with Crippen LogP contribution in [0.4, 0.5) is 5.69 Å². The second-order valence-electron chi connectivity index (χ2n) is 6.88. The summed E-state index contributed by atoms with van der Waals surface area (Å²) in [5, 5.41) is 8.06. The highest BCUT2D eigenvalue weighted by Gasteiger charge is 2.26. The molecule has 11 heteroatoms. The summed E-state index contributed by atoms with van der Waals surface area (Å²) in [5.41, 5.74) is 1.03. The Balaban J connectivity index is 1.85. The van der Waals surface area contributed by atoms with Crippen molar-refractivity contribution in [2.45, 2.75) is 22.3 Å². The van der Waals surface area contributed by atoms with Crippen LogP contribution in [0.3, 0.4) is 0 Å². The van der Waals surface area contributed by atoms with E-state index in [-0.39, 0.29) is 21.9 Å². The summed E-state index contributed by atoms with van der Waals surface area (Å²) in [6.45, 7) is 0. The Kier molecular flexibility index (Phi) is 7.32. The average Bonchev–Trinajstić information content (AvgIpc) is 2.74. The Bertz CT molecular complexity index is 1300. The molecule has 0 heterocycles. The number of rotatable bonds is 8. The first-order valence-electron chi connectivity index (χ1n) is 9.30. The van der Waals surface area contributed by atoms with Gasteiger partial charge in [-0.15, -0.1) is 0 Å². The Labute approximate surface area is 191 Å². The van der Waals surface area contributed by atoms with E-state index >= 15 is 0 Å². The summed E-state index contributed by atoms with van der Waals surface area (Å²) in [6, 6.07) is 18.6. The minimum absolute atomic E-state index is 0.0368. The standard InChI is InChI=1S/C21H20ClN3O5S2/c22-16-6-10-19(11-7-16)32(29,30)25-20(14-15-4-2-1-3-5-15)21(26)24-17-8-12-18(13-9-17)31(23,27)28/h1-13,20,25H,14H2,(H,24,26)(H2,23,27,28)/t20-/m1/s1. The molecule has 0 aromatic heterocycles. The summed E-state index contributed by atoms with van der Waals surface area (Å²) in [6.07, 6.45) is 0.0920. The zero-order chi connectivity index (χ0) is 23.4. The average molecular weight is 494 g/mol. The SMILES string of the molecule is NS(=O)(=O)c1ccc(NC(=O)[C@@H](Cc2ccccc2)NS(=O)(=O)c2ccc(Cl)cc2)cc1. The molecule has 3 aromatic rings. The molecule has 168 valence electrons. The number of sulfonamides is 2. The minimum Gasteiger partial charge on any atom is -0.325 e. The van der Waals surface area contributed by atoms with Crippen molar-refractivity contribution in [1.82, 2.24) is 4.72 Å². The molecule has 0 aliphatic carbocycles.